The highest BCUT2D eigenvalue weighted by Crippen LogP contribution is 2.49. The van der Waals surface area contributed by atoms with E-state index in [0.29, 0.717) is 18.5 Å². The summed E-state index contributed by atoms with van der Waals surface area (Å²) in [6.07, 6.45) is 3.10. The summed E-state index contributed by atoms with van der Waals surface area (Å²) < 4.78 is 40.2. The number of hydrogen-bond donors (Lipinski definition) is 1. The molecule has 2 aromatic carbocycles. The summed E-state index contributed by atoms with van der Waals surface area (Å²) in [7, 11) is -3.58. The van der Waals surface area contributed by atoms with E-state index in [2.05, 4.69) is 32.7 Å². The van der Waals surface area contributed by atoms with Crippen molar-refractivity contribution in [1.82, 2.24) is 9.62 Å². The molecule has 1 fully saturated rings. The lowest BCUT2D eigenvalue weighted by atomic mass is 9.88. The summed E-state index contributed by atoms with van der Waals surface area (Å²) in [5.74, 6) is 0.126. The molecular weight excluding hydrogens is 389 g/mol. The zero-order valence-corrected chi connectivity index (χ0v) is 17.2. The summed E-state index contributed by atoms with van der Waals surface area (Å²) >= 11 is 0. The van der Waals surface area contributed by atoms with Gasteiger partial charge in [0.1, 0.15) is 5.82 Å². The van der Waals surface area contributed by atoms with Gasteiger partial charge < -0.3 is 9.80 Å². The number of para-hydroxylation sites is 1. The van der Waals surface area contributed by atoms with Crippen molar-refractivity contribution < 1.29 is 12.8 Å². The minimum Gasteiger partial charge on any atom is -0.367 e. The molecule has 0 amide bonds. The van der Waals surface area contributed by atoms with Crippen LogP contribution in [-0.4, -0.2) is 52.1 Å². The number of rotatable bonds is 6. The molecule has 3 heterocycles. The van der Waals surface area contributed by atoms with Gasteiger partial charge in [0.2, 0.25) is 10.0 Å². The number of fused-ring (bicyclic) bond motifs is 3. The Morgan fingerprint density at radius 3 is 2.76 bits per heavy atom. The predicted octanol–water partition coefficient (Wildman–Crippen LogP) is 2.73. The highest BCUT2D eigenvalue weighted by atomic mass is 32.2. The first-order valence-corrected chi connectivity index (χ1v) is 11.9. The van der Waals surface area contributed by atoms with Crippen molar-refractivity contribution in [3.8, 4) is 0 Å². The van der Waals surface area contributed by atoms with Gasteiger partial charge in [0.15, 0.2) is 0 Å². The van der Waals surface area contributed by atoms with Crippen LogP contribution in [0.2, 0.25) is 0 Å². The van der Waals surface area contributed by atoms with Crippen LogP contribution in [0, 0.1) is 5.82 Å². The van der Waals surface area contributed by atoms with Gasteiger partial charge in [0.25, 0.3) is 0 Å². The number of anilines is 1. The first-order valence-electron chi connectivity index (χ1n) is 10.4. The monoisotopic (exact) mass is 415 g/mol. The minimum atomic E-state index is -3.58. The molecular formula is C22H26FN3O2S. The maximum absolute atomic E-state index is 13.0. The maximum Gasteiger partial charge on any atom is 0.240 e. The number of hydrogen-bond acceptors (Lipinski definition) is 4. The van der Waals surface area contributed by atoms with Gasteiger partial charge >= 0.3 is 0 Å². The van der Waals surface area contributed by atoms with E-state index in [1.807, 2.05) is 0 Å². The van der Waals surface area contributed by atoms with Gasteiger partial charge in [0, 0.05) is 43.8 Å². The van der Waals surface area contributed by atoms with E-state index in [0.717, 1.165) is 32.6 Å². The van der Waals surface area contributed by atoms with Gasteiger partial charge in [0.05, 0.1) is 4.90 Å². The molecule has 154 valence electrons. The Bertz CT molecular complexity index is 1010. The molecule has 0 aliphatic carbocycles. The fourth-order valence-electron chi connectivity index (χ4n) is 5.24. The van der Waals surface area contributed by atoms with Crippen LogP contribution in [0.4, 0.5) is 10.1 Å². The van der Waals surface area contributed by atoms with Crippen LogP contribution in [0.5, 0.6) is 0 Å². The molecule has 0 unspecified atom stereocenters. The van der Waals surface area contributed by atoms with Gasteiger partial charge in [-0.25, -0.2) is 17.5 Å². The van der Waals surface area contributed by atoms with E-state index in [1.54, 1.807) is 0 Å². The fraction of sp³-hybridized carbons (Fsp3) is 0.455. The normalized spacial score (nSPS) is 23.3. The largest absolute Gasteiger partial charge is 0.367 e. The lowest BCUT2D eigenvalue weighted by Crippen LogP contribution is -2.46. The third-order valence-electron chi connectivity index (χ3n) is 6.59. The van der Waals surface area contributed by atoms with Crippen LogP contribution >= 0.6 is 0 Å². The number of likely N-dealkylation sites (tertiary alicyclic amines) is 1. The Morgan fingerprint density at radius 1 is 1.10 bits per heavy atom. The molecule has 0 saturated carbocycles. The van der Waals surface area contributed by atoms with Gasteiger partial charge in [-0.05, 0) is 61.2 Å². The quantitative estimate of drug-likeness (QED) is 0.737. The Kier molecular flexibility index (Phi) is 4.84. The van der Waals surface area contributed by atoms with Crippen molar-refractivity contribution in [2.24, 2.45) is 0 Å². The van der Waals surface area contributed by atoms with Crippen LogP contribution < -0.4 is 9.62 Å². The molecule has 29 heavy (non-hydrogen) atoms. The Balaban J connectivity index is 1.16. The van der Waals surface area contributed by atoms with Gasteiger partial charge in [-0.1, -0.05) is 18.2 Å². The summed E-state index contributed by atoms with van der Waals surface area (Å²) in [6.45, 7) is 4.52. The highest BCUT2D eigenvalue weighted by molar-refractivity contribution is 7.89. The van der Waals surface area contributed by atoms with Crippen LogP contribution in [0.1, 0.15) is 29.9 Å². The minimum absolute atomic E-state index is 0.104. The van der Waals surface area contributed by atoms with E-state index in [1.165, 1.54) is 53.9 Å². The number of halogens is 1. The molecule has 3 aliphatic rings. The molecule has 0 spiro atoms. The SMILES string of the molecule is O=S(=O)(NCCCN1CC[C@@H]2[C@H](C1)c1cccc3c1N2CC3)c1ccc(F)cc1. The summed E-state index contributed by atoms with van der Waals surface area (Å²) in [4.78, 5) is 5.20. The van der Waals surface area contributed by atoms with Gasteiger partial charge in [-0.3, -0.25) is 0 Å². The Hall–Kier alpha value is -1.96. The van der Waals surface area contributed by atoms with E-state index < -0.39 is 15.8 Å². The van der Waals surface area contributed by atoms with Gasteiger partial charge in [-0.15, -0.1) is 0 Å². The molecule has 2 atom stereocenters. The standard InChI is InChI=1S/C22H26FN3O2S/c23-17-5-7-18(8-6-17)29(27,28)24-11-2-12-25-13-10-21-20(15-25)19-4-1-3-16-9-14-26(21)22(16)19/h1,3-8,20-21,24H,2,9-15H2/t20-,21-/m1/s1. The van der Waals surface area contributed by atoms with E-state index in [9.17, 15) is 12.8 Å². The maximum atomic E-state index is 13.0. The Morgan fingerprint density at radius 2 is 1.93 bits per heavy atom. The first-order chi connectivity index (χ1) is 14.0. The van der Waals surface area contributed by atoms with E-state index in [-0.39, 0.29) is 4.90 Å². The molecule has 0 bridgehead atoms. The third-order valence-corrected chi connectivity index (χ3v) is 8.06. The second-order valence-electron chi connectivity index (χ2n) is 8.27. The lowest BCUT2D eigenvalue weighted by Gasteiger charge is -2.38. The first kappa shape index (κ1) is 19.0. The van der Waals surface area contributed by atoms with Crippen molar-refractivity contribution in [2.45, 2.75) is 36.1 Å². The van der Waals surface area contributed by atoms with Crippen molar-refractivity contribution in [3.63, 3.8) is 0 Å². The predicted molar refractivity (Wildman–Crippen MR) is 111 cm³/mol. The van der Waals surface area contributed by atoms with Crippen molar-refractivity contribution in [1.29, 1.82) is 0 Å². The summed E-state index contributed by atoms with van der Waals surface area (Å²) in [6, 6.07) is 12.3. The molecule has 3 aliphatic heterocycles. The van der Waals surface area contributed by atoms with E-state index >= 15 is 0 Å². The molecule has 7 heteroatoms. The van der Waals surface area contributed by atoms with Gasteiger partial charge in [-0.2, -0.15) is 0 Å². The lowest BCUT2D eigenvalue weighted by molar-refractivity contribution is 0.192. The van der Waals surface area contributed by atoms with Crippen LogP contribution in [0.15, 0.2) is 47.4 Å². The van der Waals surface area contributed by atoms with Crippen molar-refractivity contribution >= 4 is 15.7 Å². The van der Waals surface area contributed by atoms with Crippen LogP contribution in [0.25, 0.3) is 0 Å². The number of sulfonamides is 1. The highest BCUT2D eigenvalue weighted by Gasteiger charge is 2.44. The molecule has 2 aromatic rings. The molecule has 5 nitrogen and oxygen atoms in total. The smallest absolute Gasteiger partial charge is 0.240 e. The molecule has 1 saturated heterocycles. The average molecular weight is 416 g/mol. The molecule has 0 radical (unpaired) electrons. The number of nitrogens with one attached hydrogen (secondary N) is 1. The zero-order valence-electron chi connectivity index (χ0n) is 16.4. The van der Waals surface area contributed by atoms with Crippen molar-refractivity contribution in [2.75, 3.05) is 37.6 Å². The molecule has 1 N–H and O–H groups in total. The fourth-order valence-corrected chi connectivity index (χ4v) is 6.32. The summed E-state index contributed by atoms with van der Waals surface area (Å²) in [5, 5.41) is 0. The third kappa shape index (κ3) is 3.45. The average Bonchev–Trinajstić information content (AvgIpc) is 3.29. The molecule has 0 aromatic heterocycles. The molecule has 5 rings (SSSR count). The number of nitrogens with zero attached hydrogens (tertiary/aromatic N) is 2. The van der Waals surface area contributed by atoms with Crippen LogP contribution in [0.3, 0.4) is 0 Å². The summed E-state index contributed by atoms with van der Waals surface area (Å²) in [5.41, 5.74) is 4.50. The number of piperidine rings is 1. The second kappa shape index (κ2) is 7.38. The van der Waals surface area contributed by atoms with Crippen LogP contribution in [-0.2, 0) is 16.4 Å². The van der Waals surface area contributed by atoms with Crippen molar-refractivity contribution in [3.05, 3.63) is 59.4 Å². The Labute approximate surface area is 171 Å². The van der Waals surface area contributed by atoms with E-state index in [4.69, 9.17) is 0 Å². The topological polar surface area (TPSA) is 52.7 Å². The zero-order chi connectivity index (χ0) is 20.0. The second-order valence-corrected chi connectivity index (χ2v) is 10.0. The number of benzene rings is 2.